The van der Waals surface area contributed by atoms with E-state index < -0.39 is 11.9 Å². The minimum atomic E-state index is -1.14. The standard InChI is InChI=1S/C23H36O4/c1-4-7-10-13-17-16-20(22(24)25)21(23(26)27)19(15-12-9-6-3)18(17)14-11-8-5-2/h16H,4-15H2,1-3H3,(H,24,25)(H,26,27). The van der Waals surface area contributed by atoms with Crippen molar-refractivity contribution in [2.75, 3.05) is 0 Å². The van der Waals surface area contributed by atoms with Crippen LogP contribution < -0.4 is 0 Å². The molecule has 0 bridgehead atoms. The zero-order chi connectivity index (χ0) is 20.2. The third kappa shape index (κ3) is 7.00. The highest BCUT2D eigenvalue weighted by Crippen LogP contribution is 2.29. The number of carboxylic acid groups (broad SMARTS) is 2. The number of aryl methyl sites for hydroxylation is 1. The third-order valence-electron chi connectivity index (χ3n) is 5.20. The predicted molar refractivity (Wildman–Crippen MR) is 110 cm³/mol. The van der Waals surface area contributed by atoms with Crippen molar-refractivity contribution in [2.45, 2.75) is 97.8 Å². The fourth-order valence-corrected chi connectivity index (χ4v) is 3.73. The van der Waals surface area contributed by atoms with Gasteiger partial charge in [-0.3, -0.25) is 0 Å². The highest BCUT2D eigenvalue weighted by Gasteiger charge is 2.25. The molecule has 0 radical (unpaired) electrons. The number of hydrogen-bond donors (Lipinski definition) is 2. The molecule has 1 aromatic carbocycles. The Balaban J connectivity index is 3.48. The van der Waals surface area contributed by atoms with Crippen LogP contribution in [0.15, 0.2) is 6.07 Å². The molecular formula is C23H36O4. The van der Waals surface area contributed by atoms with Gasteiger partial charge in [0.2, 0.25) is 0 Å². The van der Waals surface area contributed by atoms with Crippen LogP contribution in [0.3, 0.4) is 0 Å². The number of benzene rings is 1. The molecule has 0 amide bonds. The first kappa shape index (κ1) is 23.2. The van der Waals surface area contributed by atoms with Gasteiger partial charge in [0.1, 0.15) is 0 Å². The lowest BCUT2D eigenvalue weighted by Gasteiger charge is -2.20. The molecule has 27 heavy (non-hydrogen) atoms. The number of carboxylic acids is 2. The Morgan fingerprint density at radius 2 is 1.19 bits per heavy atom. The Morgan fingerprint density at radius 1 is 0.704 bits per heavy atom. The van der Waals surface area contributed by atoms with Crippen LogP contribution in [0.25, 0.3) is 0 Å². The first-order valence-electron chi connectivity index (χ1n) is 10.6. The summed E-state index contributed by atoms with van der Waals surface area (Å²) < 4.78 is 0. The molecule has 1 aromatic rings. The average molecular weight is 377 g/mol. The molecule has 0 unspecified atom stereocenters. The Labute approximate surface area is 164 Å². The molecule has 0 aliphatic carbocycles. The molecule has 152 valence electrons. The normalized spacial score (nSPS) is 10.9. The smallest absolute Gasteiger partial charge is 0.336 e. The van der Waals surface area contributed by atoms with E-state index >= 15 is 0 Å². The number of hydrogen-bond acceptors (Lipinski definition) is 2. The van der Waals surface area contributed by atoms with Crippen LogP contribution in [-0.4, -0.2) is 22.2 Å². The summed E-state index contributed by atoms with van der Waals surface area (Å²) in [6, 6.07) is 1.64. The number of aromatic carboxylic acids is 2. The van der Waals surface area contributed by atoms with Gasteiger partial charge in [-0.1, -0.05) is 59.3 Å². The summed E-state index contributed by atoms with van der Waals surface area (Å²) in [5.74, 6) is -2.25. The van der Waals surface area contributed by atoms with E-state index in [9.17, 15) is 19.8 Å². The van der Waals surface area contributed by atoms with E-state index in [1.54, 1.807) is 6.07 Å². The van der Waals surface area contributed by atoms with Crippen molar-refractivity contribution in [3.8, 4) is 0 Å². The van der Waals surface area contributed by atoms with Gasteiger partial charge in [-0.2, -0.15) is 0 Å². The maximum atomic E-state index is 12.0. The van der Waals surface area contributed by atoms with Crippen molar-refractivity contribution in [1.29, 1.82) is 0 Å². The van der Waals surface area contributed by atoms with Gasteiger partial charge in [-0.05, 0) is 61.3 Å². The quantitative estimate of drug-likeness (QED) is 0.375. The van der Waals surface area contributed by atoms with E-state index in [2.05, 4.69) is 20.8 Å². The molecule has 0 spiro atoms. The minimum absolute atomic E-state index is 0.0179. The van der Waals surface area contributed by atoms with E-state index in [1.165, 1.54) is 0 Å². The Bertz CT molecular complexity index is 619. The number of unbranched alkanes of at least 4 members (excludes halogenated alkanes) is 6. The van der Waals surface area contributed by atoms with Crippen molar-refractivity contribution < 1.29 is 19.8 Å². The molecule has 1 rings (SSSR count). The second-order valence-electron chi connectivity index (χ2n) is 7.40. The maximum absolute atomic E-state index is 12.0. The van der Waals surface area contributed by atoms with Gasteiger partial charge >= 0.3 is 11.9 Å². The van der Waals surface area contributed by atoms with Crippen molar-refractivity contribution >= 4 is 11.9 Å². The average Bonchev–Trinajstić information content (AvgIpc) is 2.62. The summed E-state index contributed by atoms with van der Waals surface area (Å²) in [5.41, 5.74) is 2.91. The second kappa shape index (κ2) is 12.5. The Morgan fingerprint density at radius 3 is 1.63 bits per heavy atom. The lowest BCUT2D eigenvalue weighted by Crippen LogP contribution is -2.16. The first-order chi connectivity index (χ1) is 13.0. The molecule has 0 atom stereocenters. The summed E-state index contributed by atoms with van der Waals surface area (Å²) in [6.45, 7) is 6.42. The lowest BCUT2D eigenvalue weighted by atomic mass is 9.84. The fourth-order valence-electron chi connectivity index (χ4n) is 3.73. The monoisotopic (exact) mass is 376 g/mol. The van der Waals surface area contributed by atoms with Crippen molar-refractivity contribution in [1.82, 2.24) is 0 Å². The first-order valence-corrected chi connectivity index (χ1v) is 10.6. The van der Waals surface area contributed by atoms with Crippen LogP contribution in [0.5, 0.6) is 0 Å². The van der Waals surface area contributed by atoms with E-state index in [0.29, 0.717) is 6.42 Å². The molecule has 0 fully saturated rings. The second-order valence-corrected chi connectivity index (χ2v) is 7.40. The third-order valence-corrected chi connectivity index (χ3v) is 5.20. The minimum Gasteiger partial charge on any atom is -0.478 e. The molecule has 2 N–H and O–H groups in total. The van der Waals surface area contributed by atoms with E-state index in [4.69, 9.17) is 0 Å². The van der Waals surface area contributed by atoms with Gasteiger partial charge in [-0.25, -0.2) is 9.59 Å². The van der Waals surface area contributed by atoms with Crippen molar-refractivity contribution in [3.05, 3.63) is 33.9 Å². The molecular weight excluding hydrogens is 340 g/mol. The molecule has 0 aliphatic rings. The predicted octanol–water partition coefficient (Wildman–Crippen LogP) is 6.28. The van der Waals surface area contributed by atoms with Crippen molar-refractivity contribution in [3.63, 3.8) is 0 Å². The summed E-state index contributed by atoms with van der Waals surface area (Å²) in [5, 5.41) is 19.4. The molecule has 4 nitrogen and oxygen atoms in total. The molecule has 0 saturated carbocycles. The molecule has 0 saturated heterocycles. The van der Waals surface area contributed by atoms with E-state index in [-0.39, 0.29) is 11.1 Å². The highest BCUT2D eigenvalue weighted by atomic mass is 16.4. The fraction of sp³-hybridized carbons (Fsp3) is 0.652. The van der Waals surface area contributed by atoms with Crippen LogP contribution in [-0.2, 0) is 19.3 Å². The SMILES string of the molecule is CCCCCc1cc(C(=O)O)c(C(=O)O)c(CCCCC)c1CCCCC. The lowest BCUT2D eigenvalue weighted by molar-refractivity contribution is 0.0650. The molecule has 0 aromatic heterocycles. The zero-order valence-electron chi connectivity index (χ0n) is 17.3. The van der Waals surface area contributed by atoms with E-state index in [0.717, 1.165) is 87.3 Å². The van der Waals surface area contributed by atoms with Crippen LogP contribution >= 0.6 is 0 Å². The zero-order valence-corrected chi connectivity index (χ0v) is 17.3. The van der Waals surface area contributed by atoms with Crippen LogP contribution in [0, 0.1) is 0 Å². The van der Waals surface area contributed by atoms with Gasteiger partial charge in [-0.15, -0.1) is 0 Å². The van der Waals surface area contributed by atoms with Crippen LogP contribution in [0.4, 0.5) is 0 Å². The largest absolute Gasteiger partial charge is 0.478 e. The van der Waals surface area contributed by atoms with Gasteiger partial charge in [0, 0.05) is 0 Å². The number of rotatable bonds is 14. The highest BCUT2D eigenvalue weighted by molar-refractivity contribution is 6.03. The summed E-state index contributed by atoms with van der Waals surface area (Å²) >= 11 is 0. The van der Waals surface area contributed by atoms with Gasteiger partial charge in [0.25, 0.3) is 0 Å². The summed E-state index contributed by atoms with van der Waals surface area (Å²) in [4.78, 5) is 23.8. The van der Waals surface area contributed by atoms with Crippen LogP contribution in [0.2, 0.25) is 0 Å². The van der Waals surface area contributed by atoms with E-state index in [1.807, 2.05) is 0 Å². The van der Waals surface area contributed by atoms with Gasteiger partial charge in [0.05, 0.1) is 11.1 Å². The van der Waals surface area contributed by atoms with Gasteiger partial charge in [0.15, 0.2) is 0 Å². The maximum Gasteiger partial charge on any atom is 0.336 e. The Hall–Kier alpha value is -1.84. The number of carbonyl (C=O) groups is 2. The Kier molecular flexibility index (Phi) is 10.8. The summed E-state index contributed by atoms with van der Waals surface area (Å²) in [6.07, 6.45) is 11.7. The van der Waals surface area contributed by atoms with Gasteiger partial charge < -0.3 is 10.2 Å². The molecule has 4 heteroatoms. The van der Waals surface area contributed by atoms with Crippen molar-refractivity contribution in [2.24, 2.45) is 0 Å². The molecule has 0 heterocycles. The van der Waals surface area contributed by atoms with Crippen LogP contribution in [0.1, 0.15) is 116 Å². The summed E-state index contributed by atoms with van der Waals surface area (Å²) in [7, 11) is 0. The molecule has 0 aliphatic heterocycles. The topological polar surface area (TPSA) is 74.6 Å².